The molecule has 0 radical (unpaired) electrons. The molecule has 28 heavy (non-hydrogen) atoms. The van der Waals surface area contributed by atoms with Gasteiger partial charge in [0.25, 0.3) is 0 Å². The molecule has 2 aliphatic rings. The topological polar surface area (TPSA) is 23.6 Å². The number of nitrogens with zero attached hydrogens (tertiary/aromatic N) is 2. The molecule has 0 amide bonds. The predicted molar refractivity (Wildman–Crippen MR) is 117 cm³/mol. The first-order valence-corrected chi connectivity index (χ1v) is 10.0. The maximum Gasteiger partial charge on any atom is 0.159 e. The zero-order chi connectivity index (χ0) is 20.4. The second-order valence-electron chi connectivity index (χ2n) is 9.27. The van der Waals surface area contributed by atoms with Crippen LogP contribution in [0.15, 0.2) is 59.8 Å². The Morgan fingerprint density at radius 2 is 1.39 bits per heavy atom. The van der Waals surface area contributed by atoms with E-state index >= 15 is 0 Å². The van der Waals surface area contributed by atoms with E-state index in [0.29, 0.717) is 0 Å². The molecule has 2 aliphatic heterocycles. The summed E-state index contributed by atoms with van der Waals surface area (Å²) in [5.41, 5.74) is 6.65. The zero-order valence-electron chi connectivity index (χ0n) is 18.0. The number of rotatable bonds is 2. The van der Waals surface area contributed by atoms with Crippen LogP contribution in [0, 0.1) is 0 Å². The summed E-state index contributed by atoms with van der Waals surface area (Å²) >= 11 is 0. The molecule has 1 atom stereocenters. The van der Waals surface area contributed by atoms with E-state index in [1.165, 1.54) is 22.5 Å². The molecule has 4 rings (SSSR count). The minimum absolute atomic E-state index is 0.00608. The predicted octanol–water partition coefficient (Wildman–Crippen LogP) is 5.05. The van der Waals surface area contributed by atoms with Crippen molar-refractivity contribution < 1.29 is 4.79 Å². The van der Waals surface area contributed by atoms with Crippen molar-refractivity contribution in [2.75, 3.05) is 23.9 Å². The van der Waals surface area contributed by atoms with Gasteiger partial charge in [-0.2, -0.15) is 0 Å². The second-order valence-corrected chi connectivity index (χ2v) is 9.27. The lowest BCUT2D eigenvalue weighted by Gasteiger charge is -2.38. The van der Waals surface area contributed by atoms with E-state index < -0.39 is 0 Å². The summed E-state index contributed by atoms with van der Waals surface area (Å²) in [7, 11) is 4.22. The fourth-order valence-corrected chi connectivity index (χ4v) is 5.62. The van der Waals surface area contributed by atoms with E-state index in [-0.39, 0.29) is 22.7 Å². The quantitative estimate of drug-likeness (QED) is 0.687. The Labute approximate surface area is 168 Å². The number of carbonyl (C=O) groups is 1. The third-order valence-electron chi connectivity index (χ3n) is 6.82. The van der Waals surface area contributed by atoms with Gasteiger partial charge in [0.2, 0.25) is 0 Å². The zero-order valence-corrected chi connectivity index (χ0v) is 18.0. The molecular formula is C25H30N2O. The highest BCUT2D eigenvalue weighted by Crippen LogP contribution is 2.53. The van der Waals surface area contributed by atoms with E-state index in [9.17, 15) is 4.79 Å². The molecular weight excluding hydrogens is 344 g/mol. The van der Waals surface area contributed by atoms with Gasteiger partial charge in [-0.25, -0.2) is 0 Å². The van der Waals surface area contributed by atoms with Crippen LogP contribution in [0.2, 0.25) is 0 Å². The molecule has 0 aromatic heterocycles. The molecule has 0 saturated heterocycles. The smallest absolute Gasteiger partial charge is 0.159 e. The van der Waals surface area contributed by atoms with Crippen LogP contribution in [0.3, 0.4) is 0 Å². The summed E-state index contributed by atoms with van der Waals surface area (Å²) < 4.78 is 0. The third-order valence-corrected chi connectivity index (χ3v) is 6.82. The van der Waals surface area contributed by atoms with E-state index in [0.717, 1.165) is 11.3 Å². The second kappa shape index (κ2) is 5.97. The first kappa shape index (κ1) is 18.8. The molecule has 2 aromatic carbocycles. The average Bonchev–Trinajstić information content (AvgIpc) is 2.97. The Morgan fingerprint density at radius 1 is 0.857 bits per heavy atom. The van der Waals surface area contributed by atoms with Crippen molar-refractivity contribution in [3.05, 3.63) is 70.9 Å². The lowest BCUT2D eigenvalue weighted by Crippen LogP contribution is -2.45. The molecule has 0 fully saturated rings. The monoisotopic (exact) mass is 374 g/mol. The van der Waals surface area contributed by atoms with Crippen molar-refractivity contribution in [1.82, 2.24) is 0 Å². The number of ketones is 1. The maximum atomic E-state index is 13.2. The lowest BCUT2D eigenvalue weighted by atomic mass is 9.73. The van der Waals surface area contributed by atoms with Crippen molar-refractivity contribution in [2.45, 2.75) is 51.5 Å². The molecule has 3 heteroatoms. The highest BCUT2D eigenvalue weighted by Gasteiger charge is 2.50. The summed E-state index contributed by atoms with van der Waals surface area (Å²) in [4.78, 5) is 17.7. The molecule has 0 saturated carbocycles. The number of allylic oxidation sites excluding steroid dienone is 1. The molecule has 2 heterocycles. The number of hydrogen-bond donors (Lipinski definition) is 0. The summed E-state index contributed by atoms with van der Waals surface area (Å²) in [5, 5.41) is 0. The lowest BCUT2D eigenvalue weighted by molar-refractivity contribution is -0.114. The molecule has 3 nitrogen and oxygen atoms in total. The minimum atomic E-state index is -0.224. The largest absolute Gasteiger partial charge is 0.366 e. The van der Waals surface area contributed by atoms with E-state index in [1.54, 1.807) is 6.92 Å². The van der Waals surface area contributed by atoms with Gasteiger partial charge in [0.1, 0.15) is 0 Å². The summed E-state index contributed by atoms with van der Waals surface area (Å²) in [6.45, 7) is 10.7. The van der Waals surface area contributed by atoms with Crippen LogP contribution in [0.25, 0.3) is 0 Å². The van der Waals surface area contributed by atoms with E-state index in [2.05, 4.69) is 100 Å². The summed E-state index contributed by atoms with van der Waals surface area (Å²) in [6, 6.07) is 17.0. The fraction of sp³-hybridized carbons (Fsp3) is 0.400. The van der Waals surface area contributed by atoms with E-state index in [4.69, 9.17) is 0 Å². The number of hydrogen-bond acceptors (Lipinski definition) is 3. The Bertz CT molecular complexity index is 999. The Hall–Kier alpha value is -2.55. The molecule has 0 spiro atoms. The van der Waals surface area contributed by atoms with Crippen LogP contribution >= 0.6 is 0 Å². The molecule has 0 aliphatic carbocycles. The van der Waals surface area contributed by atoms with Gasteiger partial charge < -0.3 is 9.80 Å². The Morgan fingerprint density at radius 3 is 1.93 bits per heavy atom. The molecule has 2 aromatic rings. The highest BCUT2D eigenvalue weighted by molar-refractivity contribution is 5.99. The molecule has 0 bridgehead atoms. The van der Waals surface area contributed by atoms with Gasteiger partial charge in [0.15, 0.2) is 5.78 Å². The van der Waals surface area contributed by atoms with E-state index in [1.807, 2.05) is 0 Å². The van der Waals surface area contributed by atoms with Gasteiger partial charge in [0, 0.05) is 47.6 Å². The van der Waals surface area contributed by atoms with Gasteiger partial charge in [-0.05, 0) is 30.2 Å². The number of anilines is 2. The van der Waals surface area contributed by atoms with Crippen molar-refractivity contribution >= 4 is 17.2 Å². The van der Waals surface area contributed by atoms with Gasteiger partial charge >= 0.3 is 0 Å². The Kier molecular flexibility index (Phi) is 4.01. The van der Waals surface area contributed by atoms with Crippen LogP contribution in [0.5, 0.6) is 0 Å². The van der Waals surface area contributed by atoms with Crippen LogP contribution in [0.4, 0.5) is 11.4 Å². The fourth-order valence-electron chi connectivity index (χ4n) is 5.62. The summed E-state index contributed by atoms with van der Waals surface area (Å²) in [5.74, 6) is 0.153. The van der Waals surface area contributed by atoms with Crippen molar-refractivity contribution in [2.24, 2.45) is 0 Å². The molecule has 146 valence electrons. The number of carbonyl (C=O) groups excluding carboxylic acids is 1. The van der Waals surface area contributed by atoms with Gasteiger partial charge in [-0.1, -0.05) is 64.1 Å². The normalized spacial score (nSPS) is 23.5. The summed E-state index contributed by atoms with van der Waals surface area (Å²) in [6.07, 6.45) is 0. The SMILES string of the molecule is CC(=O)C(=C1N(C)c2ccccc2C1(C)C)C1N(C)c2ccccc2C1(C)C. The first-order valence-electron chi connectivity index (χ1n) is 10.0. The van der Waals surface area contributed by atoms with Gasteiger partial charge in [-0.3, -0.25) is 4.79 Å². The number of fused-ring (bicyclic) bond motifs is 2. The number of likely N-dealkylation sites (N-methyl/N-ethyl adjacent to an activating group) is 2. The van der Waals surface area contributed by atoms with Crippen LogP contribution in [-0.4, -0.2) is 25.9 Å². The van der Waals surface area contributed by atoms with Crippen molar-refractivity contribution in [3.8, 4) is 0 Å². The minimum Gasteiger partial charge on any atom is -0.366 e. The first-order chi connectivity index (χ1) is 13.1. The highest BCUT2D eigenvalue weighted by atomic mass is 16.1. The van der Waals surface area contributed by atoms with Crippen LogP contribution in [-0.2, 0) is 15.6 Å². The third kappa shape index (κ3) is 2.32. The van der Waals surface area contributed by atoms with Crippen LogP contribution in [0.1, 0.15) is 45.7 Å². The van der Waals surface area contributed by atoms with Crippen molar-refractivity contribution in [1.29, 1.82) is 0 Å². The maximum absolute atomic E-state index is 13.2. The number of benzene rings is 2. The van der Waals surface area contributed by atoms with Gasteiger partial charge in [-0.15, -0.1) is 0 Å². The van der Waals surface area contributed by atoms with Crippen molar-refractivity contribution in [3.63, 3.8) is 0 Å². The average molecular weight is 375 g/mol. The number of para-hydroxylation sites is 2. The van der Waals surface area contributed by atoms with Gasteiger partial charge in [0.05, 0.1) is 6.04 Å². The number of Topliss-reactive ketones (excluding diaryl/α,β-unsaturated/α-hetero) is 1. The standard InChI is InChI=1S/C25H30N2O/c1-16(28)21(22-24(2,3)17-12-8-10-14-19(17)26(22)6)23-25(4,5)18-13-9-11-15-20(18)27(23)7/h8-15,22H,1-7H3. The molecule has 1 unspecified atom stereocenters. The van der Waals surface area contributed by atoms with Crippen LogP contribution < -0.4 is 9.80 Å². The Balaban J connectivity index is 1.99. The molecule has 0 N–H and O–H groups in total.